The maximum absolute atomic E-state index is 11.6. The normalized spacial score (nSPS) is 25.6. The summed E-state index contributed by atoms with van der Waals surface area (Å²) in [5, 5.41) is 0. The Bertz CT molecular complexity index is 278. The van der Waals surface area contributed by atoms with Gasteiger partial charge in [-0.05, 0) is 52.4 Å². The Balaban J connectivity index is 1.85. The van der Waals surface area contributed by atoms with Crippen molar-refractivity contribution in [3.8, 4) is 0 Å². The van der Waals surface area contributed by atoms with Crippen LogP contribution in [0.2, 0.25) is 0 Å². The van der Waals surface area contributed by atoms with Gasteiger partial charge in [0.05, 0.1) is 0 Å². The van der Waals surface area contributed by atoms with Crippen molar-refractivity contribution < 1.29 is 4.79 Å². The van der Waals surface area contributed by atoms with Gasteiger partial charge in [0.2, 0.25) is 0 Å². The van der Waals surface area contributed by atoms with E-state index >= 15 is 0 Å². The predicted molar refractivity (Wildman–Crippen MR) is 79.3 cm³/mol. The van der Waals surface area contributed by atoms with Gasteiger partial charge in [-0.15, -0.1) is 0 Å². The van der Waals surface area contributed by atoms with Crippen molar-refractivity contribution in [1.82, 2.24) is 9.80 Å². The van der Waals surface area contributed by atoms with Gasteiger partial charge in [-0.1, -0.05) is 26.2 Å². The molecule has 0 spiro atoms. The summed E-state index contributed by atoms with van der Waals surface area (Å²) in [6, 6.07) is 0.682. The van der Waals surface area contributed by atoms with E-state index in [4.69, 9.17) is 0 Å². The highest BCUT2D eigenvalue weighted by atomic mass is 16.1. The minimum absolute atomic E-state index is 0.0328. The quantitative estimate of drug-likeness (QED) is 0.715. The Labute approximate surface area is 118 Å². The highest BCUT2D eigenvalue weighted by Gasteiger charge is 2.34. The van der Waals surface area contributed by atoms with Crippen molar-refractivity contribution in [3.63, 3.8) is 0 Å². The molecule has 2 aliphatic rings. The molecular formula is C16H30N2O. The number of carbonyl (C=O) groups is 1. The number of hydrogen-bond acceptors (Lipinski definition) is 3. The van der Waals surface area contributed by atoms with Gasteiger partial charge >= 0.3 is 0 Å². The number of carbonyl (C=O) groups excluding carboxylic acids is 1. The maximum Gasteiger partial charge on any atom is 0.127 e. The first-order valence-electron chi connectivity index (χ1n) is 8.08. The smallest absolute Gasteiger partial charge is 0.127 e. The van der Waals surface area contributed by atoms with Crippen molar-refractivity contribution in [3.05, 3.63) is 0 Å². The predicted octanol–water partition coefficient (Wildman–Crippen LogP) is 2.55. The molecule has 110 valence electrons. The number of rotatable bonds is 5. The van der Waals surface area contributed by atoms with Gasteiger partial charge in [0.15, 0.2) is 0 Å². The molecule has 0 aromatic heterocycles. The van der Waals surface area contributed by atoms with Crippen molar-refractivity contribution in [1.29, 1.82) is 0 Å². The maximum atomic E-state index is 11.6. The highest BCUT2D eigenvalue weighted by Crippen LogP contribution is 2.35. The van der Waals surface area contributed by atoms with Gasteiger partial charge in [-0.25, -0.2) is 0 Å². The summed E-state index contributed by atoms with van der Waals surface area (Å²) < 4.78 is 0. The highest BCUT2D eigenvalue weighted by molar-refractivity contribution is 5.60. The molecule has 1 heterocycles. The number of hydrogen-bond donors (Lipinski definition) is 0. The molecule has 0 aromatic carbocycles. The summed E-state index contributed by atoms with van der Waals surface area (Å²) in [6.45, 7) is 6.84. The standard InChI is InChI=1S/C16H30N2O/c1-3-18-11-7-15(8-12-18)17(2)13-16(14-19)9-5-4-6-10-16/h14-15H,3-13H2,1-2H3. The van der Waals surface area contributed by atoms with Crippen LogP contribution in [0.15, 0.2) is 0 Å². The first kappa shape index (κ1) is 15.0. The second-order valence-electron chi connectivity index (χ2n) is 6.62. The molecule has 0 amide bonds. The Morgan fingerprint density at radius 3 is 2.37 bits per heavy atom. The van der Waals surface area contributed by atoms with Gasteiger partial charge in [-0.2, -0.15) is 0 Å². The van der Waals surface area contributed by atoms with Crippen molar-refractivity contribution in [2.75, 3.05) is 33.2 Å². The second kappa shape index (κ2) is 6.85. The molecule has 1 aliphatic heterocycles. The molecule has 19 heavy (non-hydrogen) atoms. The summed E-state index contributed by atoms with van der Waals surface area (Å²) in [7, 11) is 2.23. The lowest BCUT2D eigenvalue weighted by Crippen LogP contribution is -2.47. The minimum Gasteiger partial charge on any atom is -0.303 e. The van der Waals surface area contributed by atoms with Crippen molar-refractivity contribution in [2.45, 2.75) is 57.9 Å². The lowest BCUT2D eigenvalue weighted by atomic mass is 9.74. The van der Waals surface area contributed by atoms with Crippen molar-refractivity contribution in [2.24, 2.45) is 5.41 Å². The van der Waals surface area contributed by atoms with Crippen LogP contribution in [-0.4, -0.2) is 55.4 Å². The summed E-state index contributed by atoms with van der Waals surface area (Å²) >= 11 is 0. The number of likely N-dealkylation sites (tertiary alicyclic amines) is 1. The number of nitrogens with zero attached hydrogens (tertiary/aromatic N) is 2. The monoisotopic (exact) mass is 266 g/mol. The molecule has 0 bridgehead atoms. The van der Waals surface area contributed by atoms with Gasteiger partial charge in [0.1, 0.15) is 6.29 Å². The summed E-state index contributed by atoms with van der Waals surface area (Å²) in [5.41, 5.74) is -0.0328. The molecule has 0 N–H and O–H groups in total. The second-order valence-corrected chi connectivity index (χ2v) is 6.62. The lowest BCUT2D eigenvalue weighted by Gasteiger charge is -2.41. The molecule has 0 unspecified atom stereocenters. The number of piperidine rings is 1. The zero-order valence-electron chi connectivity index (χ0n) is 12.7. The molecule has 2 fully saturated rings. The zero-order valence-corrected chi connectivity index (χ0v) is 12.7. The van der Waals surface area contributed by atoms with Crippen LogP contribution < -0.4 is 0 Å². The lowest BCUT2D eigenvalue weighted by molar-refractivity contribution is -0.119. The van der Waals surface area contributed by atoms with E-state index in [1.165, 1.54) is 58.0 Å². The van der Waals surface area contributed by atoms with E-state index in [-0.39, 0.29) is 5.41 Å². The van der Waals surface area contributed by atoms with E-state index < -0.39 is 0 Å². The molecule has 0 aromatic rings. The van der Waals surface area contributed by atoms with Crippen LogP contribution in [0.4, 0.5) is 0 Å². The Morgan fingerprint density at radius 1 is 1.21 bits per heavy atom. The zero-order chi connectivity index (χ0) is 13.7. The molecule has 1 saturated carbocycles. The molecule has 3 heteroatoms. The Kier molecular flexibility index (Phi) is 5.40. The fourth-order valence-electron chi connectivity index (χ4n) is 3.87. The topological polar surface area (TPSA) is 23.6 Å². The Morgan fingerprint density at radius 2 is 1.84 bits per heavy atom. The summed E-state index contributed by atoms with van der Waals surface area (Å²) in [5.74, 6) is 0. The number of aldehydes is 1. The first-order chi connectivity index (χ1) is 9.19. The third kappa shape index (κ3) is 3.79. The summed E-state index contributed by atoms with van der Waals surface area (Å²) in [4.78, 5) is 16.6. The SMILES string of the molecule is CCN1CCC(N(C)CC2(C=O)CCCCC2)CC1. The average molecular weight is 266 g/mol. The van der Waals surface area contributed by atoms with Crippen LogP contribution in [0.25, 0.3) is 0 Å². The van der Waals surface area contributed by atoms with Crippen molar-refractivity contribution >= 4 is 6.29 Å². The minimum atomic E-state index is -0.0328. The van der Waals surface area contributed by atoms with Crippen LogP contribution in [0.5, 0.6) is 0 Å². The van der Waals surface area contributed by atoms with Gasteiger partial charge in [-0.3, -0.25) is 0 Å². The largest absolute Gasteiger partial charge is 0.303 e. The fraction of sp³-hybridized carbons (Fsp3) is 0.938. The molecule has 2 rings (SSSR count). The van der Waals surface area contributed by atoms with E-state index in [1.807, 2.05) is 0 Å². The summed E-state index contributed by atoms with van der Waals surface area (Å²) in [6.07, 6.45) is 9.79. The Hall–Kier alpha value is -0.410. The third-order valence-electron chi connectivity index (χ3n) is 5.29. The van der Waals surface area contributed by atoms with E-state index in [0.29, 0.717) is 6.04 Å². The van der Waals surface area contributed by atoms with Gasteiger partial charge in [0.25, 0.3) is 0 Å². The molecule has 0 atom stereocenters. The van der Waals surface area contributed by atoms with Crippen LogP contribution in [-0.2, 0) is 4.79 Å². The van der Waals surface area contributed by atoms with E-state index in [0.717, 1.165) is 19.4 Å². The third-order valence-corrected chi connectivity index (χ3v) is 5.29. The average Bonchev–Trinajstić information content (AvgIpc) is 2.48. The van der Waals surface area contributed by atoms with E-state index in [1.54, 1.807) is 0 Å². The molecular weight excluding hydrogens is 236 g/mol. The van der Waals surface area contributed by atoms with Crippen LogP contribution >= 0.6 is 0 Å². The van der Waals surface area contributed by atoms with Gasteiger partial charge < -0.3 is 14.6 Å². The molecule has 3 nitrogen and oxygen atoms in total. The van der Waals surface area contributed by atoms with Gasteiger partial charge in [0, 0.05) is 18.0 Å². The van der Waals surface area contributed by atoms with Crippen LogP contribution in [0, 0.1) is 5.41 Å². The van der Waals surface area contributed by atoms with E-state index in [9.17, 15) is 4.79 Å². The van der Waals surface area contributed by atoms with Crippen LogP contribution in [0.3, 0.4) is 0 Å². The fourth-order valence-corrected chi connectivity index (χ4v) is 3.87. The molecule has 1 aliphatic carbocycles. The van der Waals surface area contributed by atoms with E-state index in [2.05, 4.69) is 23.8 Å². The first-order valence-corrected chi connectivity index (χ1v) is 8.08. The van der Waals surface area contributed by atoms with Crippen LogP contribution in [0.1, 0.15) is 51.9 Å². The molecule has 0 radical (unpaired) electrons. The molecule has 1 saturated heterocycles.